The van der Waals surface area contributed by atoms with E-state index in [0.29, 0.717) is 34.7 Å². The van der Waals surface area contributed by atoms with E-state index in [1.54, 1.807) is 44.6 Å². The third kappa shape index (κ3) is 5.29. The van der Waals surface area contributed by atoms with Gasteiger partial charge < -0.3 is 14.8 Å². The number of rotatable bonds is 8. The van der Waals surface area contributed by atoms with Gasteiger partial charge in [0.2, 0.25) is 5.91 Å². The molecule has 6 heteroatoms. The predicted octanol–water partition coefficient (Wildman–Crippen LogP) is 4.75. The van der Waals surface area contributed by atoms with Crippen molar-refractivity contribution in [1.29, 1.82) is 0 Å². The monoisotopic (exact) mass is 456 g/mol. The molecule has 3 aromatic carbocycles. The molecule has 1 amide bonds. The average Bonchev–Trinajstić information content (AvgIpc) is 2.86. The molecular formula is C28H28N2O4. The number of hydrogen-bond donors (Lipinski definition) is 1. The van der Waals surface area contributed by atoms with E-state index >= 15 is 0 Å². The molecule has 0 unspecified atom stereocenters. The highest BCUT2D eigenvalue weighted by Gasteiger charge is 2.14. The smallest absolute Gasteiger partial charge is 0.254 e. The van der Waals surface area contributed by atoms with Crippen molar-refractivity contribution in [2.24, 2.45) is 0 Å². The highest BCUT2D eigenvalue weighted by atomic mass is 16.5. The Kier molecular flexibility index (Phi) is 6.97. The predicted molar refractivity (Wildman–Crippen MR) is 135 cm³/mol. The van der Waals surface area contributed by atoms with E-state index in [1.807, 2.05) is 18.2 Å². The molecule has 174 valence electrons. The second kappa shape index (κ2) is 10.3. The Balaban J connectivity index is 1.64. The lowest BCUT2D eigenvalue weighted by atomic mass is 10.0. The molecule has 0 atom stereocenters. The minimum Gasteiger partial charge on any atom is -0.497 e. The molecule has 4 rings (SSSR count). The third-order valence-corrected chi connectivity index (χ3v) is 5.86. The molecule has 0 aliphatic rings. The lowest BCUT2D eigenvalue weighted by Crippen LogP contribution is -2.30. The number of fused-ring (bicyclic) bond motifs is 1. The summed E-state index contributed by atoms with van der Waals surface area (Å²) >= 11 is 0. The van der Waals surface area contributed by atoms with Crippen molar-refractivity contribution in [3.8, 4) is 11.5 Å². The average molecular weight is 457 g/mol. The Hall–Kier alpha value is -4.06. The number of pyridine rings is 1. The van der Waals surface area contributed by atoms with E-state index in [-0.39, 0.29) is 18.0 Å². The number of nitrogens with one attached hydrogen (secondary N) is 1. The maximum Gasteiger partial charge on any atom is 0.254 e. The lowest BCUT2D eigenvalue weighted by Gasteiger charge is -2.14. The SMILES string of the molecule is COc1ccc(NC(=O)Cn2c(=O)c(CCc3ccc(C)cc3)cc3ccc(OC)cc32)cc1. The quantitative estimate of drug-likeness (QED) is 0.415. The molecule has 0 aliphatic heterocycles. The molecule has 0 bridgehead atoms. The molecular weight excluding hydrogens is 428 g/mol. The molecule has 0 fully saturated rings. The fourth-order valence-electron chi connectivity index (χ4n) is 3.93. The van der Waals surface area contributed by atoms with E-state index in [4.69, 9.17) is 9.47 Å². The molecule has 6 nitrogen and oxygen atoms in total. The molecule has 1 aromatic heterocycles. The van der Waals surface area contributed by atoms with Gasteiger partial charge in [-0.3, -0.25) is 14.2 Å². The van der Waals surface area contributed by atoms with Gasteiger partial charge in [0.05, 0.1) is 19.7 Å². The van der Waals surface area contributed by atoms with Crippen LogP contribution in [-0.4, -0.2) is 24.7 Å². The number of aryl methyl sites for hydroxylation is 3. The summed E-state index contributed by atoms with van der Waals surface area (Å²) in [5.41, 5.74) is 4.18. The second-order valence-corrected chi connectivity index (χ2v) is 8.25. The van der Waals surface area contributed by atoms with Crippen LogP contribution in [-0.2, 0) is 24.2 Å². The zero-order valence-electron chi connectivity index (χ0n) is 19.6. The summed E-state index contributed by atoms with van der Waals surface area (Å²) in [6, 6.07) is 22.9. The molecule has 1 heterocycles. The standard InChI is InChI=1S/C28H28N2O4/c1-19-4-6-20(7-5-19)8-9-22-16-21-10-13-25(34-3)17-26(21)30(28(22)32)18-27(31)29-23-11-14-24(33-2)15-12-23/h4-7,10-17H,8-9,18H2,1-3H3,(H,29,31). The van der Waals surface area contributed by atoms with Crippen molar-refractivity contribution in [3.63, 3.8) is 0 Å². The highest BCUT2D eigenvalue weighted by molar-refractivity contribution is 5.92. The van der Waals surface area contributed by atoms with Crippen molar-refractivity contribution >= 4 is 22.5 Å². The van der Waals surface area contributed by atoms with Crippen LogP contribution >= 0.6 is 0 Å². The lowest BCUT2D eigenvalue weighted by molar-refractivity contribution is -0.116. The maximum absolute atomic E-state index is 13.5. The van der Waals surface area contributed by atoms with Crippen molar-refractivity contribution < 1.29 is 14.3 Å². The van der Waals surface area contributed by atoms with Gasteiger partial charge in [0, 0.05) is 17.3 Å². The number of nitrogens with zero attached hydrogens (tertiary/aromatic N) is 1. The summed E-state index contributed by atoms with van der Waals surface area (Å²) in [6.07, 6.45) is 1.33. The van der Waals surface area contributed by atoms with E-state index < -0.39 is 0 Å². The van der Waals surface area contributed by atoms with Crippen LogP contribution in [0.5, 0.6) is 11.5 Å². The minimum atomic E-state index is -0.285. The highest BCUT2D eigenvalue weighted by Crippen LogP contribution is 2.22. The Labute approximate surface area is 198 Å². The van der Waals surface area contributed by atoms with Gasteiger partial charge in [0.15, 0.2) is 0 Å². The fraction of sp³-hybridized carbons (Fsp3) is 0.214. The number of hydrogen-bond acceptors (Lipinski definition) is 4. The van der Waals surface area contributed by atoms with Gasteiger partial charge in [0.1, 0.15) is 18.0 Å². The third-order valence-electron chi connectivity index (χ3n) is 5.86. The molecule has 0 saturated carbocycles. The van der Waals surface area contributed by atoms with E-state index in [1.165, 1.54) is 15.7 Å². The van der Waals surface area contributed by atoms with Gasteiger partial charge in [-0.1, -0.05) is 29.8 Å². The van der Waals surface area contributed by atoms with Crippen molar-refractivity contribution in [1.82, 2.24) is 4.57 Å². The van der Waals surface area contributed by atoms with Crippen LogP contribution in [0.1, 0.15) is 16.7 Å². The molecule has 4 aromatic rings. The van der Waals surface area contributed by atoms with Gasteiger partial charge in [-0.2, -0.15) is 0 Å². The first kappa shape index (κ1) is 23.1. The van der Waals surface area contributed by atoms with Crippen LogP contribution in [0.2, 0.25) is 0 Å². The molecule has 0 radical (unpaired) electrons. The first-order chi connectivity index (χ1) is 16.5. The van der Waals surface area contributed by atoms with Gasteiger partial charge >= 0.3 is 0 Å². The summed E-state index contributed by atoms with van der Waals surface area (Å²) in [6.45, 7) is 1.95. The number of ether oxygens (including phenoxy) is 2. The van der Waals surface area contributed by atoms with Crippen molar-refractivity contribution in [2.45, 2.75) is 26.3 Å². The number of amides is 1. The Morgan fingerprint density at radius 1 is 0.853 bits per heavy atom. The molecule has 34 heavy (non-hydrogen) atoms. The number of methoxy groups -OCH3 is 2. The van der Waals surface area contributed by atoms with E-state index in [9.17, 15) is 9.59 Å². The van der Waals surface area contributed by atoms with E-state index in [0.717, 1.165) is 11.8 Å². The zero-order chi connectivity index (χ0) is 24.1. The minimum absolute atomic E-state index is 0.104. The summed E-state index contributed by atoms with van der Waals surface area (Å²) in [4.78, 5) is 26.3. The summed E-state index contributed by atoms with van der Waals surface area (Å²) in [5.74, 6) is 1.05. The first-order valence-electron chi connectivity index (χ1n) is 11.2. The number of anilines is 1. The molecule has 0 aliphatic carbocycles. The Bertz CT molecular complexity index is 1360. The topological polar surface area (TPSA) is 69.6 Å². The summed E-state index contributed by atoms with van der Waals surface area (Å²) in [5, 5.41) is 3.75. The number of carbonyl (C=O) groups excluding carboxylic acids is 1. The normalized spacial score (nSPS) is 10.8. The van der Waals surface area contributed by atoms with Crippen LogP contribution in [0.4, 0.5) is 5.69 Å². The second-order valence-electron chi connectivity index (χ2n) is 8.25. The Morgan fingerprint density at radius 3 is 2.21 bits per heavy atom. The van der Waals surface area contributed by atoms with Crippen molar-refractivity contribution in [3.05, 3.63) is 99.8 Å². The molecule has 0 saturated heterocycles. The van der Waals surface area contributed by atoms with Crippen LogP contribution in [0, 0.1) is 6.92 Å². The van der Waals surface area contributed by atoms with Gasteiger partial charge in [0.25, 0.3) is 5.56 Å². The summed E-state index contributed by atoms with van der Waals surface area (Å²) in [7, 11) is 3.17. The van der Waals surface area contributed by atoms with Gasteiger partial charge in [-0.05, 0) is 73.2 Å². The number of aromatic nitrogens is 1. The van der Waals surface area contributed by atoms with Crippen LogP contribution in [0.25, 0.3) is 10.9 Å². The largest absolute Gasteiger partial charge is 0.497 e. The van der Waals surface area contributed by atoms with Crippen molar-refractivity contribution in [2.75, 3.05) is 19.5 Å². The van der Waals surface area contributed by atoms with Crippen LogP contribution < -0.4 is 20.3 Å². The first-order valence-corrected chi connectivity index (χ1v) is 11.2. The number of carbonyl (C=O) groups is 1. The van der Waals surface area contributed by atoms with Crippen LogP contribution in [0.15, 0.2) is 77.6 Å². The maximum atomic E-state index is 13.5. The molecule has 0 spiro atoms. The van der Waals surface area contributed by atoms with Gasteiger partial charge in [-0.25, -0.2) is 0 Å². The molecule has 1 N–H and O–H groups in total. The zero-order valence-corrected chi connectivity index (χ0v) is 19.6. The fourth-order valence-corrected chi connectivity index (χ4v) is 3.93. The Morgan fingerprint density at radius 2 is 1.53 bits per heavy atom. The van der Waals surface area contributed by atoms with Gasteiger partial charge in [-0.15, -0.1) is 0 Å². The summed E-state index contributed by atoms with van der Waals surface area (Å²) < 4.78 is 12.0. The van der Waals surface area contributed by atoms with E-state index in [2.05, 4.69) is 36.5 Å². The van der Waals surface area contributed by atoms with Crippen LogP contribution in [0.3, 0.4) is 0 Å². The number of benzene rings is 3.